The standard InChI is InChI=1S/C27H25FN4O3S/c1-20-3-13-25(14-4-20)36(34,35)31-27-30-16-2-18-32(27)19-22-5-9-23(10-6-22)26(33)29-17-15-21-7-11-24(28)12-8-21/h2-14,16,18H,15,17,19H2,1H3,(H,29,33)/b31-27+. The molecule has 0 fully saturated rings. The van der Waals surface area contributed by atoms with E-state index in [1.54, 1.807) is 65.4 Å². The van der Waals surface area contributed by atoms with Crippen LogP contribution < -0.4 is 10.9 Å². The molecule has 0 aliphatic heterocycles. The van der Waals surface area contributed by atoms with Crippen molar-refractivity contribution in [2.24, 2.45) is 4.40 Å². The van der Waals surface area contributed by atoms with Gasteiger partial charge in [-0.2, -0.15) is 8.42 Å². The third-order valence-corrected chi connectivity index (χ3v) is 6.77. The summed E-state index contributed by atoms with van der Waals surface area (Å²) in [6, 6.07) is 21.4. The fourth-order valence-electron chi connectivity index (χ4n) is 3.49. The molecule has 36 heavy (non-hydrogen) atoms. The molecule has 1 heterocycles. The van der Waals surface area contributed by atoms with Gasteiger partial charge in [-0.15, -0.1) is 4.40 Å². The predicted octanol–water partition coefficient (Wildman–Crippen LogP) is 3.64. The van der Waals surface area contributed by atoms with Gasteiger partial charge in [-0.25, -0.2) is 9.37 Å². The highest BCUT2D eigenvalue weighted by Gasteiger charge is 2.13. The Morgan fingerprint density at radius 3 is 2.33 bits per heavy atom. The number of aromatic nitrogens is 2. The van der Waals surface area contributed by atoms with Crippen molar-refractivity contribution in [3.8, 4) is 0 Å². The van der Waals surface area contributed by atoms with Crippen LogP contribution in [0.3, 0.4) is 0 Å². The highest BCUT2D eigenvalue weighted by atomic mass is 32.2. The molecule has 3 aromatic carbocycles. The Bertz CT molecular complexity index is 1510. The van der Waals surface area contributed by atoms with E-state index in [4.69, 9.17) is 0 Å². The summed E-state index contributed by atoms with van der Waals surface area (Å²) >= 11 is 0. The first-order valence-corrected chi connectivity index (χ1v) is 12.7. The van der Waals surface area contributed by atoms with Gasteiger partial charge in [0.25, 0.3) is 15.9 Å². The molecule has 0 saturated carbocycles. The predicted molar refractivity (Wildman–Crippen MR) is 134 cm³/mol. The molecule has 0 bridgehead atoms. The van der Waals surface area contributed by atoms with E-state index in [0.29, 0.717) is 25.1 Å². The second-order valence-corrected chi connectivity index (χ2v) is 9.86. The molecule has 1 N–H and O–H groups in total. The lowest BCUT2D eigenvalue weighted by atomic mass is 10.1. The fourth-order valence-corrected chi connectivity index (χ4v) is 4.45. The molecule has 0 aliphatic rings. The largest absolute Gasteiger partial charge is 0.352 e. The molecule has 9 heteroatoms. The summed E-state index contributed by atoms with van der Waals surface area (Å²) in [4.78, 5) is 16.7. The molecule has 1 amide bonds. The lowest BCUT2D eigenvalue weighted by molar-refractivity contribution is 0.0954. The van der Waals surface area contributed by atoms with Crippen molar-refractivity contribution in [3.05, 3.63) is 125 Å². The van der Waals surface area contributed by atoms with E-state index in [-0.39, 0.29) is 22.2 Å². The lowest BCUT2D eigenvalue weighted by Gasteiger charge is -2.09. The van der Waals surface area contributed by atoms with Crippen LogP contribution in [0, 0.1) is 12.7 Å². The molecule has 0 spiro atoms. The number of hydrogen-bond acceptors (Lipinski definition) is 4. The summed E-state index contributed by atoms with van der Waals surface area (Å²) in [5.74, 6) is -0.501. The number of carbonyl (C=O) groups excluding carboxylic acids is 1. The number of hydrogen-bond donors (Lipinski definition) is 1. The van der Waals surface area contributed by atoms with Crippen LogP contribution in [-0.2, 0) is 23.0 Å². The normalized spacial score (nSPS) is 11.9. The molecule has 184 valence electrons. The van der Waals surface area contributed by atoms with Crippen molar-refractivity contribution < 1.29 is 17.6 Å². The maximum absolute atomic E-state index is 13.0. The van der Waals surface area contributed by atoms with Crippen molar-refractivity contribution in [3.63, 3.8) is 0 Å². The molecule has 0 atom stereocenters. The number of sulfonamides is 1. The summed E-state index contributed by atoms with van der Waals surface area (Å²) in [6.07, 6.45) is 3.78. The van der Waals surface area contributed by atoms with E-state index in [1.807, 2.05) is 6.92 Å². The highest BCUT2D eigenvalue weighted by molar-refractivity contribution is 7.90. The third kappa shape index (κ3) is 6.51. The number of carbonyl (C=O) groups is 1. The molecule has 4 rings (SSSR count). The van der Waals surface area contributed by atoms with E-state index in [9.17, 15) is 17.6 Å². The zero-order chi connectivity index (χ0) is 25.5. The van der Waals surface area contributed by atoms with Gasteiger partial charge in [0.05, 0.1) is 11.4 Å². The Morgan fingerprint density at radius 1 is 0.972 bits per heavy atom. The van der Waals surface area contributed by atoms with Gasteiger partial charge in [0.2, 0.25) is 5.62 Å². The van der Waals surface area contributed by atoms with E-state index >= 15 is 0 Å². The maximum atomic E-state index is 13.0. The zero-order valence-corrected chi connectivity index (χ0v) is 20.5. The Hall–Kier alpha value is -4.11. The zero-order valence-electron chi connectivity index (χ0n) is 19.6. The Morgan fingerprint density at radius 2 is 1.64 bits per heavy atom. The molecule has 0 aliphatic carbocycles. The van der Waals surface area contributed by atoms with Crippen LogP contribution in [0.5, 0.6) is 0 Å². The van der Waals surface area contributed by atoms with Crippen molar-refractivity contribution in [2.75, 3.05) is 6.54 Å². The van der Waals surface area contributed by atoms with Gasteiger partial charge < -0.3 is 9.88 Å². The molecule has 7 nitrogen and oxygen atoms in total. The average Bonchev–Trinajstić information content (AvgIpc) is 2.87. The SMILES string of the molecule is Cc1ccc(S(=O)(=O)/N=c2\ncccn2Cc2ccc(C(=O)NCCc3ccc(F)cc3)cc2)cc1. The Labute approximate surface area is 209 Å². The minimum absolute atomic E-state index is 0.0562. The summed E-state index contributed by atoms with van der Waals surface area (Å²) in [6.45, 7) is 2.63. The van der Waals surface area contributed by atoms with Gasteiger partial charge >= 0.3 is 0 Å². The van der Waals surface area contributed by atoms with Crippen molar-refractivity contribution in [2.45, 2.75) is 24.8 Å². The van der Waals surface area contributed by atoms with Crippen LogP contribution in [0.15, 0.2) is 101 Å². The first kappa shape index (κ1) is 25.0. The smallest absolute Gasteiger partial charge is 0.285 e. The monoisotopic (exact) mass is 504 g/mol. The van der Waals surface area contributed by atoms with Crippen LogP contribution in [0.4, 0.5) is 4.39 Å². The third-order valence-electron chi connectivity index (χ3n) is 5.50. The van der Waals surface area contributed by atoms with Crippen LogP contribution in [0.1, 0.15) is 27.0 Å². The summed E-state index contributed by atoms with van der Waals surface area (Å²) < 4.78 is 44.1. The van der Waals surface area contributed by atoms with Gasteiger partial charge in [0, 0.05) is 24.5 Å². The second kappa shape index (κ2) is 11.1. The van der Waals surface area contributed by atoms with Crippen LogP contribution in [-0.4, -0.2) is 30.4 Å². The first-order chi connectivity index (χ1) is 17.3. The minimum Gasteiger partial charge on any atom is -0.352 e. The van der Waals surface area contributed by atoms with Crippen LogP contribution in [0.25, 0.3) is 0 Å². The number of rotatable bonds is 8. The summed E-state index contributed by atoms with van der Waals surface area (Å²) in [7, 11) is -3.92. The summed E-state index contributed by atoms with van der Waals surface area (Å²) in [5, 5.41) is 2.86. The van der Waals surface area contributed by atoms with E-state index in [1.165, 1.54) is 30.5 Å². The number of halogens is 1. The lowest BCUT2D eigenvalue weighted by Crippen LogP contribution is -2.26. The quantitative estimate of drug-likeness (QED) is 0.397. The Balaban J connectivity index is 1.43. The summed E-state index contributed by atoms with van der Waals surface area (Å²) in [5.41, 5.74) is 3.29. The molecular weight excluding hydrogens is 479 g/mol. The van der Waals surface area contributed by atoms with E-state index < -0.39 is 10.0 Å². The number of amides is 1. The van der Waals surface area contributed by atoms with Crippen molar-refractivity contribution in [1.29, 1.82) is 0 Å². The van der Waals surface area contributed by atoms with Gasteiger partial charge in [0.15, 0.2) is 0 Å². The van der Waals surface area contributed by atoms with Gasteiger partial charge in [-0.1, -0.05) is 42.0 Å². The number of aryl methyl sites for hydroxylation is 1. The molecule has 0 unspecified atom stereocenters. The highest BCUT2D eigenvalue weighted by Crippen LogP contribution is 2.12. The minimum atomic E-state index is -3.92. The van der Waals surface area contributed by atoms with Crippen LogP contribution >= 0.6 is 0 Å². The number of nitrogens with zero attached hydrogens (tertiary/aromatic N) is 3. The molecule has 0 saturated heterocycles. The average molecular weight is 505 g/mol. The van der Waals surface area contributed by atoms with E-state index in [0.717, 1.165) is 16.7 Å². The number of nitrogens with one attached hydrogen (secondary N) is 1. The first-order valence-electron chi connectivity index (χ1n) is 11.3. The van der Waals surface area contributed by atoms with Crippen molar-refractivity contribution >= 4 is 15.9 Å². The van der Waals surface area contributed by atoms with Gasteiger partial charge in [-0.3, -0.25) is 4.79 Å². The maximum Gasteiger partial charge on any atom is 0.285 e. The van der Waals surface area contributed by atoms with Gasteiger partial charge in [0.1, 0.15) is 5.82 Å². The van der Waals surface area contributed by atoms with Crippen LogP contribution in [0.2, 0.25) is 0 Å². The van der Waals surface area contributed by atoms with E-state index in [2.05, 4.69) is 14.7 Å². The number of benzene rings is 3. The van der Waals surface area contributed by atoms with Crippen molar-refractivity contribution in [1.82, 2.24) is 14.9 Å². The molecule has 0 radical (unpaired) electrons. The molecule has 1 aromatic heterocycles. The molecule has 4 aromatic rings. The fraction of sp³-hybridized carbons (Fsp3) is 0.148. The topological polar surface area (TPSA) is 93.4 Å². The molecular formula is C27H25FN4O3S. The second-order valence-electron chi connectivity index (χ2n) is 8.26. The Kier molecular flexibility index (Phi) is 7.70. The van der Waals surface area contributed by atoms with Gasteiger partial charge in [-0.05, 0) is 66.9 Å².